The number of nitrogens with two attached hydrogens (primary N) is 1. The van der Waals surface area contributed by atoms with Gasteiger partial charge in [0.05, 0.1) is 10.7 Å². The van der Waals surface area contributed by atoms with Crippen LogP contribution in [0, 0.1) is 6.92 Å². The molecule has 2 rings (SSSR count). The van der Waals surface area contributed by atoms with E-state index < -0.39 is 10.0 Å². The summed E-state index contributed by atoms with van der Waals surface area (Å²) >= 11 is 5.83. The number of aryl methyl sites for hydroxylation is 1. The molecule has 0 saturated heterocycles. The lowest BCUT2D eigenvalue weighted by Crippen LogP contribution is -2.14. The van der Waals surface area contributed by atoms with E-state index in [-0.39, 0.29) is 15.9 Å². The third kappa shape index (κ3) is 2.57. The second-order valence-corrected chi connectivity index (χ2v) is 5.65. The average Bonchev–Trinajstić information content (AvgIpc) is 2.66. The van der Waals surface area contributed by atoms with E-state index in [1.807, 2.05) is 0 Å². The molecule has 0 atom stereocenters. The average molecular weight is 288 g/mol. The summed E-state index contributed by atoms with van der Waals surface area (Å²) in [5.74, 6) is 0. The van der Waals surface area contributed by atoms with Crippen molar-refractivity contribution in [3.63, 3.8) is 0 Å². The number of halogens is 1. The van der Waals surface area contributed by atoms with Crippen LogP contribution in [-0.2, 0) is 10.0 Å². The van der Waals surface area contributed by atoms with Crippen molar-refractivity contribution in [3.05, 3.63) is 35.2 Å². The van der Waals surface area contributed by atoms with Crippen LogP contribution in [0.25, 0.3) is 0 Å². The highest BCUT2D eigenvalue weighted by Crippen LogP contribution is 2.25. The monoisotopic (exact) mass is 287 g/mol. The van der Waals surface area contributed by atoms with Gasteiger partial charge in [0.2, 0.25) is 0 Å². The fourth-order valence-electron chi connectivity index (χ4n) is 1.30. The van der Waals surface area contributed by atoms with E-state index >= 15 is 0 Å². The fourth-order valence-corrected chi connectivity index (χ4v) is 2.77. The Morgan fingerprint density at radius 2 is 2.17 bits per heavy atom. The summed E-state index contributed by atoms with van der Waals surface area (Å²) in [5, 5.41) is 0.0694. The number of hydrogen-bond donors (Lipinski definition) is 2. The number of anilines is 2. The number of nitrogens with zero attached hydrogens (tertiary/aromatic N) is 1. The van der Waals surface area contributed by atoms with Gasteiger partial charge < -0.3 is 10.2 Å². The standard InChI is InChI=1S/C10H10ClN3O3S/c1-6-5-17-10(13-6)14-18(15,16)9-4-7(12)2-3-8(9)11/h2-5H,12H2,1H3,(H,13,14). The zero-order valence-corrected chi connectivity index (χ0v) is 10.9. The molecule has 96 valence electrons. The molecule has 0 aliphatic rings. The van der Waals surface area contributed by atoms with Gasteiger partial charge in [-0.25, -0.2) is 13.1 Å². The number of benzene rings is 1. The van der Waals surface area contributed by atoms with Crippen molar-refractivity contribution in [3.8, 4) is 0 Å². The maximum atomic E-state index is 12.0. The predicted molar refractivity (Wildman–Crippen MR) is 67.9 cm³/mol. The summed E-state index contributed by atoms with van der Waals surface area (Å²) < 4.78 is 31.2. The lowest BCUT2D eigenvalue weighted by Gasteiger charge is -2.07. The first-order valence-corrected chi connectivity index (χ1v) is 6.74. The van der Waals surface area contributed by atoms with E-state index in [0.717, 1.165) is 0 Å². The Bertz CT molecular complexity index is 681. The van der Waals surface area contributed by atoms with Gasteiger partial charge in [0.25, 0.3) is 10.0 Å². The van der Waals surface area contributed by atoms with Gasteiger partial charge in [-0.05, 0) is 25.1 Å². The first kappa shape index (κ1) is 12.7. The number of hydrogen-bond acceptors (Lipinski definition) is 5. The van der Waals surface area contributed by atoms with Crippen molar-refractivity contribution in [2.75, 3.05) is 10.5 Å². The minimum absolute atomic E-state index is 0.0694. The normalized spacial score (nSPS) is 11.4. The van der Waals surface area contributed by atoms with Crippen LogP contribution in [0.1, 0.15) is 5.69 Å². The Morgan fingerprint density at radius 3 is 2.78 bits per heavy atom. The summed E-state index contributed by atoms with van der Waals surface area (Å²) in [7, 11) is -3.87. The molecule has 1 aromatic carbocycles. The molecule has 0 radical (unpaired) electrons. The highest BCUT2D eigenvalue weighted by molar-refractivity contribution is 7.92. The maximum absolute atomic E-state index is 12.0. The van der Waals surface area contributed by atoms with Crippen molar-refractivity contribution in [2.24, 2.45) is 0 Å². The zero-order valence-electron chi connectivity index (χ0n) is 9.34. The van der Waals surface area contributed by atoms with Crippen molar-refractivity contribution < 1.29 is 12.8 Å². The Balaban J connectivity index is 2.39. The van der Waals surface area contributed by atoms with Gasteiger partial charge in [-0.1, -0.05) is 11.6 Å². The van der Waals surface area contributed by atoms with Crippen LogP contribution in [0.5, 0.6) is 0 Å². The van der Waals surface area contributed by atoms with Gasteiger partial charge in [0.15, 0.2) is 0 Å². The van der Waals surface area contributed by atoms with E-state index in [0.29, 0.717) is 11.4 Å². The maximum Gasteiger partial charge on any atom is 0.309 e. The molecule has 6 nitrogen and oxygen atoms in total. The molecule has 1 aromatic heterocycles. The van der Waals surface area contributed by atoms with Gasteiger partial charge in [-0.3, -0.25) is 0 Å². The van der Waals surface area contributed by atoms with Gasteiger partial charge in [-0.15, -0.1) is 0 Å². The van der Waals surface area contributed by atoms with E-state index in [9.17, 15) is 8.42 Å². The Kier molecular flexibility index (Phi) is 3.18. The molecule has 8 heteroatoms. The Morgan fingerprint density at radius 1 is 1.44 bits per heavy atom. The van der Waals surface area contributed by atoms with E-state index in [4.69, 9.17) is 21.8 Å². The number of rotatable bonds is 3. The summed E-state index contributed by atoms with van der Waals surface area (Å²) in [6.45, 7) is 1.68. The molecule has 0 aliphatic carbocycles. The van der Waals surface area contributed by atoms with Gasteiger partial charge in [0, 0.05) is 5.69 Å². The second-order valence-electron chi connectivity index (χ2n) is 3.59. The number of nitrogens with one attached hydrogen (secondary N) is 1. The molecule has 0 saturated carbocycles. The molecular weight excluding hydrogens is 278 g/mol. The molecule has 3 N–H and O–H groups in total. The van der Waals surface area contributed by atoms with Gasteiger partial charge in [0.1, 0.15) is 11.2 Å². The lowest BCUT2D eigenvalue weighted by molar-refractivity contribution is 0.569. The lowest BCUT2D eigenvalue weighted by atomic mass is 10.3. The van der Waals surface area contributed by atoms with Crippen LogP contribution in [0.2, 0.25) is 5.02 Å². The molecule has 0 aliphatic heterocycles. The quantitative estimate of drug-likeness (QED) is 0.842. The van der Waals surface area contributed by atoms with Gasteiger partial charge in [-0.2, -0.15) is 4.98 Å². The van der Waals surface area contributed by atoms with Crippen LogP contribution in [-0.4, -0.2) is 13.4 Å². The number of oxazole rings is 1. The molecule has 0 fully saturated rings. The molecule has 0 unspecified atom stereocenters. The van der Waals surface area contributed by atoms with Crippen molar-refractivity contribution >= 4 is 33.3 Å². The minimum atomic E-state index is -3.87. The molecular formula is C10H10ClN3O3S. The van der Waals surface area contributed by atoms with Gasteiger partial charge >= 0.3 is 6.01 Å². The smallest absolute Gasteiger partial charge is 0.309 e. The molecule has 18 heavy (non-hydrogen) atoms. The fraction of sp³-hybridized carbons (Fsp3) is 0.100. The number of sulfonamides is 1. The summed E-state index contributed by atoms with van der Waals surface area (Å²) in [6, 6.07) is 4.06. The van der Waals surface area contributed by atoms with Crippen molar-refractivity contribution in [2.45, 2.75) is 11.8 Å². The highest BCUT2D eigenvalue weighted by atomic mass is 35.5. The Hall–Kier alpha value is -1.73. The summed E-state index contributed by atoms with van der Waals surface area (Å²) in [6.07, 6.45) is 1.33. The zero-order chi connectivity index (χ0) is 13.3. The van der Waals surface area contributed by atoms with Crippen LogP contribution >= 0.6 is 11.6 Å². The number of nitrogen functional groups attached to an aromatic ring is 1. The second kappa shape index (κ2) is 4.51. The third-order valence-corrected chi connectivity index (χ3v) is 3.89. The third-order valence-electron chi connectivity index (χ3n) is 2.09. The SMILES string of the molecule is Cc1coc(NS(=O)(=O)c2cc(N)ccc2Cl)n1. The largest absolute Gasteiger partial charge is 0.431 e. The minimum Gasteiger partial charge on any atom is -0.431 e. The van der Waals surface area contributed by atoms with E-state index in [1.54, 1.807) is 6.92 Å². The highest BCUT2D eigenvalue weighted by Gasteiger charge is 2.20. The van der Waals surface area contributed by atoms with Crippen LogP contribution in [0.3, 0.4) is 0 Å². The summed E-state index contributed by atoms with van der Waals surface area (Å²) in [4.78, 5) is 3.72. The van der Waals surface area contributed by atoms with E-state index in [2.05, 4.69) is 9.71 Å². The van der Waals surface area contributed by atoms with Crippen LogP contribution in [0.4, 0.5) is 11.7 Å². The first-order valence-electron chi connectivity index (χ1n) is 4.88. The Labute approximate surface area is 109 Å². The molecule has 1 heterocycles. The predicted octanol–water partition coefficient (Wildman–Crippen LogP) is 2.02. The topological polar surface area (TPSA) is 98.2 Å². The molecule has 0 amide bonds. The van der Waals surface area contributed by atoms with Crippen molar-refractivity contribution in [1.29, 1.82) is 0 Å². The number of aromatic nitrogens is 1. The van der Waals surface area contributed by atoms with Crippen molar-refractivity contribution in [1.82, 2.24) is 4.98 Å². The first-order chi connectivity index (χ1) is 8.38. The molecule has 0 spiro atoms. The van der Waals surface area contributed by atoms with Crippen LogP contribution < -0.4 is 10.5 Å². The molecule has 0 bridgehead atoms. The summed E-state index contributed by atoms with van der Waals surface area (Å²) in [5.41, 5.74) is 6.39. The molecule has 2 aromatic rings. The van der Waals surface area contributed by atoms with Crippen LogP contribution in [0.15, 0.2) is 33.8 Å². The van der Waals surface area contributed by atoms with E-state index in [1.165, 1.54) is 24.5 Å².